The van der Waals surface area contributed by atoms with Gasteiger partial charge in [-0.3, -0.25) is 19.2 Å². The van der Waals surface area contributed by atoms with Crippen LogP contribution in [0.5, 0.6) is 0 Å². The number of ether oxygens (including phenoxy) is 1. The van der Waals surface area contributed by atoms with Crippen LogP contribution in [0.4, 0.5) is 11.5 Å². The first-order valence-corrected chi connectivity index (χ1v) is 11.5. The van der Waals surface area contributed by atoms with Crippen LogP contribution in [0.3, 0.4) is 0 Å². The molecular weight excluding hydrogens is 499 g/mol. The fourth-order valence-corrected chi connectivity index (χ4v) is 3.96. The minimum absolute atomic E-state index is 0.0127. The number of hydrogen-bond donors (Lipinski definition) is 5. The lowest BCUT2D eigenvalue weighted by Crippen LogP contribution is -2.33. The van der Waals surface area contributed by atoms with Crippen LogP contribution < -0.4 is 5.32 Å². The van der Waals surface area contributed by atoms with Crippen molar-refractivity contribution in [3.8, 4) is 0 Å². The number of rotatable bonds is 8. The topological polar surface area (TPSA) is 215 Å². The minimum atomic E-state index is -4.80. The molecule has 0 saturated carbocycles. The van der Waals surface area contributed by atoms with Gasteiger partial charge in [0.2, 0.25) is 0 Å². The van der Waals surface area contributed by atoms with Crippen LogP contribution in [0.25, 0.3) is 11.2 Å². The van der Waals surface area contributed by atoms with Gasteiger partial charge in [-0.15, -0.1) is 0 Å². The van der Waals surface area contributed by atoms with Crippen molar-refractivity contribution in [1.29, 1.82) is 0 Å². The minimum Gasteiger partial charge on any atom is -0.387 e. The Hall–Kier alpha value is -2.75. The quantitative estimate of drug-likeness (QED) is 0.159. The molecule has 4 rings (SSSR count). The fourth-order valence-electron chi connectivity index (χ4n) is 3.43. The summed E-state index contributed by atoms with van der Waals surface area (Å²) in [6.07, 6.45) is -2.83. The van der Waals surface area contributed by atoms with E-state index in [-0.39, 0.29) is 34.2 Å². The molecule has 4 atom stereocenters. The average molecular weight is 517 g/mol. The zero-order valence-corrected chi connectivity index (χ0v) is 18.7. The van der Waals surface area contributed by atoms with Gasteiger partial charge in [0.05, 0.1) is 17.9 Å². The molecule has 1 aromatic carbocycles. The van der Waals surface area contributed by atoms with Crippen LogP contribution in [0, 0.1) is 10.1 Å². The molecule has 15 nitrogen and oxygen atoms in total. The Morgan fingerprint density at radius 1 is 1.26 bits per heavy atom. The summed E-state index contributed by atoms with van der Waals surface area (Å²) in [7, 11) is -4.80. The van der Waals surface area contributed by atoms with Gasteiger partial charge in [-0.1, -0.05) is 17.7 Å². The second-order valence-corrected chi connectivity index (χ2v) is 8.92. The summed E-state index contributed by atoms with van der Waals surface area (Å²) in [4.78, 5) is 40.7. The van der Waals surface area contributed by atoms with Crippen molar-refractivity contribution < 1.29 is 38.7 Å². The zero-order chi connectivity index (χ0) is 24.6. The zero-order valence-electron chi connectivity index (χ0n) is 17.0. The van der Waals surface area contributed by atoms with Gasteiger partial charge >= 0.3 is 7.82 Å². The van der Waals surface area contributed by atoms with Crippen molar-refractivity contribution in [3.05, 3.63) is 51.6 Å². The van der Waals surface area contributed by atoms with Gasteiger partial charge in [-0.25, -0.2) is 19.5 Å². The van der Waals surface area contributed by atoms with Gasteiger partial charge in [0.15, 0.2) is 23.2 Å². The largest absolute Gasteiger partial charge is 0.469 e. The van der Waals surface area contributed by atoms with Gasteiger partial charge < -0.3 is 30.1 Å². The maximum absolute atomic E-state index is 11.1. The molecule has 5 N–H and O–H groups in total. The van der Waals surface area contributed by atoms with E-state index >= 15 is 0 Å². The van der Waals surface area contributed by atoms with E-state index in [0.29, 0.717) is 5.56 Å². The summed E-state index contributed by atoms with van der Waals surface area (Å²) in [5, 5.41) is 34.7. The van der Waals surface area contributed by atoms with E-state index in [9.17, 15) is 24.9 Å². The van der Waals surface area contributed by atoms with E-state index < -0.39 is 43.9 Å². The summed E-state index contributed by atoms with van der Waals surface area (Å²) < 4.78 is 22.2. The molecule has 182 valence electrons. The van der Waals surface area contributed by atoms with Crippen LogP contribution >= 0.6 is 19.4 Å². The monoisotopic (exact) mass is 516 g/mol. The number of nitrogens with zero attached hydrogens (tertiary/aromatic N) is 5. The number of aliphatic hydroxyl groups excluding tert-OH is 2. The molecule has 0 spiro atoms. The number of nitrogens with one attached hydrogen (secondary N) is 1. The van der Waals surface area contributed by atoms with Gasteiger partial charge in [0, 0.05) is 12.6 Å². The highest BCUT2D eigenvalue weighted by Gasteiger charge is 2.45. The number of aromatic nitrogens is 4. The van der Waals surface area contributed by atoms with E-state index in [4.69, 9.17) is 26.1 Å². The van der Waals surface area contributed by atoms with Gasteiger partial charge in [-0.2, -0.15) is 0 Å². The Kier molecular flexibility index (Phi) is 6.80. The molecule has 0 amide bonds. The fraction of sp³-hybridized carbons (Fsp3) is 0.353. The standard InChI is InChI=1S/C17H18ClN6O9P/c18-9-2-1-8(3-10(9)24(27)28)4-19-15-12-16(21-6-20-15)23(7-22-12)17-14(26)13(25)11(33-17)5-32-34(29,30)31/h1-3,6-7,11,13-14,17,25-26H,4-5H2,(H,19,20,21)(H2,29,30,31)/t11-,13-,14-,17-/m1/s1. The van der Waals surface area contributed by atoms with Gasteiger partial charge in [-0.05, 0) is 11.6 Å². The third-order valence-corrected chi connectivity index (χ3v) is 5.85. The van der Waals surface area contributed by atoms with E-state index in [1.165, 1.54) is 29.4 Å². The molecule has 3 heterocycles. The number of halogens is 1. The number of imidazole rings is 1. The number of phosphoric ester groups is 1. The molecule has 34 heavy (non-hydrogen) atoms. The van der Waals surface area contributed by atoms with Crippen molar-refractivity contribution in [3.63, 3.8) is 0 Å². The lowest BCUT2D eigenvalue weighted by molar-refractivity contribution is -0.384. The number of fused-ring (bicyclic) bond motifs is 1. The lowest BCUT2D eigenvalue weighted by atomic mass is 10.1. The highest BCUT2D eigenvalue weighted by Crippen LogP contribution is 2.39. The van der Waals surface area contributed by atoms with E-state index in [0.717, 1.165) is 0 Å². The molecule has 17 heteroatoms. The van der Waals surface area contributed by atoms with Gasteiger partial charge in [0.25, 0.3) is 5.69 Å². The Labute approximate surface area is 195 Å². The number of nitro groups is 1. The normalized spacial score (nSPS) is 22.9. The molecule has 0 unspecified atom stereocenters. The van der Waals surface area contributed by atoms with Crippen molar-refractivity contribution in [1.82, 2.24) is 19.5 Å². The number of hydrogen-bond acceptors (Lipinski definition) is 11. The summed E-state index contributed by atoms with van der Waals surface area (Å²) in [5.74, 6) is 0.288. The van der Waals surface area contributed by atoms with Gasteiger partial charge in [0.1, 0.15) is 29.7 Å². The van der Waals surface area contributed by atoms with Crippen LogP contribution in [-0.4, -0.2) is 69.4 Å². The predicted molar refractivity (Wildman–Crippen MR) is 115 cm³/mol. The first-order valence-electron chi connectivity index (χ1n) is 9.61. The average Bonchev–Trinajstić information content (AvgIpc) is 3.32. The number of anilines is 1. The summed E-state index contributed by atoms with van der Waals surface area (Å²) in [6.45, 7) is -0.499. The van der Waals surface area contributed by atoms with Crippen LogP contribution in [0.15, 0.2) is 30.9 Å². The maximum Gasteiger partial charge on any atom is 0.469 e. The SMILES string of the molecule is O=[N+]([O-])c1cc(CNc2ncnc3c2ncn3[C@@H]2O[C@H](COP(=O)(O)O)[C@@H](O)[C@H]2O)ccc1Cl. The third-order valence-electron chi connectivity index (χ3n) is 5.04. The van der Waals surface area contributed by atoms with Crippen LogP contribution in [0.2, 0.25) is 5.02 Å². The molecule has 0 bridgehead atoms. The van der Waals surface area contributed by atoms with E-state index in [2.05, 4.69) is 24.8 Å². The molecule has 1 fully saturated rings. The second-order valence-electron chi connectivity index (χ2n) is 7.28. The van der Waals surface area contributed by atoms with Crippen LogP contribution in [-0.2, 0) is 20.4 Å². The van der Waals surface area contributed by atoms with Crippen molar-refractivity contribution >= 4 is 42.1 Å². The molecule has 3 aromatic rings. The summed E-state index contributed by atoms with van der Waals surface area (Å²) in [5.41, 5.74) is 0.840. The Bertz CT molecular complexity index is 1270. The molecule has 2 aromatic heterocycles. The summed E-state index contributed by atoms with van der Waals surface area (Å²) >= 11 is 5.83. The predicted octanol–water partition coefficient (Wildman–Crippen LogP) is 0.728. The molecule has 0 radical (unpaired) electrons. The molecule has 1 aliphatic heterocycles. The smallest absolute Gasteiger partial charge is 0.387 e. The second kappa shape index (κ2) is 9.48. The van der Waals surface area contributed by atoms with Crippen molar-refractivity contribution in [2.45, 2.75) is 31.1 Å². The van der Waals surface area contributed by atoms with Crippen molar-refractivity contribution in [2.75, 3.05) is 11.9 Å². The Morgan fingerprint density at radius 2 is 2.03 bits per heavy atom. The first-order chi connectivity index (χ1) is 16.0. The van der Waals surface area contributed by atoms with E-state index in [1.807, 2.05) is 0 Å². The highest BCUT2D eigenvalue weighted by molar-refractivity contribution is 7.46. The molecule has 1 saturated heterocycles. The third kappa shape index (κ3) is 5.01. The Morgan fingerprint density at radius 3 is 2.74 bits per heavy atom. The molecule has 0 aliphatic carbocycles. The lowest BCUT2D eigenvalue weighted by Gasteiger charge is -2.16. The maximum atomic E-state index is 11.1. The number of phosphoric acid groups is 1. The first kappa shape index (κ1) is 24.4. The number of benzene rings is 1. The number of nitro benzene ring substituents is 1. The van der Waals surface area contributed by atoms with Crippen molar-refractivity contribution in [2.24, 2.45) is 0 Å². The summed E-state index contributed by atoms with van der Waals surface area (Å²) in [6, 6.07) is 4.36. The van der Waals surface area contributed by atoms with E-state index in [1.54, 1.807) is 6.07 Å². The highest BCUT2D eigenvalue weighted by atomic mass is 35.5. The molecule has 1 aliphatic rings. The van der Waals surface area contributed by atoms with Crippen LogP contribution in [0.1, 0.15) is 11.8 Å². The number of aliphatic hydroxyl groups is 2. The molecular formula is C17H18ClN6O9P. The Balaban J connectivity index is 1.54.